The number of aryl methyl sites for hydroxylation is 1. The van der Waals surface area contributed by atoms with Crippen LogP contribution in [0.5, 0.6) is 0 Å². The van der Waals surface area contributed by atoms with Crippen LogP contribution >= 0.6 is 12.2 Å². The molecule has 2 unspecified atom stereocenters. The van der Waals surface area contributed by atoms with Gasteiger partial charge < -0.3 is 9.50 Å². The van der Waals surface area contributed by atoms with Crippen molar-refractivity contribution in [2.75, 3.05) is 0 Å². The number of carbonyl (C=O) groups is 2. The molecule has 1 aromatic heterocycles. The highest BCUT2D eigenvalue weighted by Crippen LogP contribution is 2.54. The Morgan fingerprint density at radius 2 is 2.03 bits per heavy atom. The Kier molecular flexibility index (Phi) is 6.33. The van der Waals surface area contributed by atoms with Crippen molar-refractivity contribution < 1.29 is 26.9 Å². The lowest BCUT2D eigenvalue weighted by atomic mass is 9.96. The molecule has 1 heterocycles. The Balaban J connectivity index is 1.66. The van der Waals surface area contributed by atoms with Crippen LogP contribution in [0.2, 0.25) is 0 Å². The van der Waals surface area contributed by atoms with Gasteiger partial charge in [-0.15, -0.1) is 0 Å². The van der Waals surface area contributed by atoms with Gasteiger partial charge >= 0.3 is 12.1 Å². The van der Waals surface area contributed by atoms with E-state index in [4.69, 9.17) is 9.32 Å². The van der Waals surface area contributed by atoms with Crippen LogP contribution in [0.25, 0.3) is 0 Å². The number of amides is 1. The fraction of sp³-hybridized carbons (Fsp3) is 0.381. The third-order valence-electron chi connectivity index (χ3n) is 5.72. The number of halogens is 3. The summed E-state index contributed by atoms with van der Waals surface area (Å²) in [4.78, 5) is 28.1. The van der Waals surface area contributed by atoms with Gasteiger partial charge in [-0.3, -0.25) is 9.78 Å². The Morgan fingerprint density at radius 3 is 2.58 bits per heavy atom. The SMILES string of the molecule is Cc1cc([C@@H](C)NC(=O)C2CC2(C)c2ccc(C(F)(F)F)nc2)ccc1C(=O)OSN. The lowest BCUT2D eigenvalue weighted by molar-refractivity contribution is -0.141. The van der Waals surface area contributed by atoms with E-state index < -0.39 is 23.3 Å². The molecule has 2 aromatic rings. The van der Waals surface area contributed by atoms with Gasteiger partial charge in [-0.2, -0.15) is 13.2 Å². The van der Waals surface area contributed by atoms with Crippen molar-refractivity contribution in [3.8, 4) is 0 Å². The maximum Gasteiger partial charge on any atom is 0.433 e. The first-order valence-electron chi connectivity index (χ1n) is 9.49. The van der Waals surface area contributed by atoms with E-state index in [0.717, 1.165) is 11.6 Å². The second kappa shape index (κ2) is 8.51. The topological polar surface area (TPSA) is 94.3 Å². The van der Waals surface area contributed by atoms with E-state index in [0.29, 0.717) is 35.3 Å². The number of carbonyl (C=O) groups excluding carboxylic acids is 2. The van der Waals surface area contributed by atoms with Crippen LogP contribution in [0.15, 0.2) is 36.5 Å². The van der Waals surface area contributed by atoms with Gasteiger partial charge in [-0.25, -0.2) is 9.93 Å². The van der Waals surface area contributed by atoms with Crippen molar-refractivity contribution >= 4 is 24.1 Å². The normalized spacial score (nSPS) is 21.3. The van der Waals surface area contributed by atoms with Crippen LogP contribution in [0.3, 0.4) is 0 Å². The van der Waals surface area contributed by atoms with E-state index >= 15 is 0 Å². The summed E-state index contributed by atoms with van der Waals surface area (Å²) in [6, 6.07) is 7.12. The van der Waals surface area contributed by atoms with Gasteiger partial charge in [0.2, 0.25) is 5.91 Å². The summed E-state index contributed by atoms with van der Waals surface area (Å²) in [7, 11) is 0. The van der Waals surface area contributed by atoms with Gasteiger partial charge in [0.15, 0.2) is 0 Å². The summed E-state index contributed by atoms with van der Waals surface area (Å²) >= 11 is 0.475. The van der Waals surface area contributed by atoms with E-state index in [2.05, 4.69) is 10.3 Å². The van der Waals surface area contributed by atoms with Crippen molar-refractivity contribution in [2.24, 2.45) is 11.1 Å². The number of hydrogen-bond acceptors (Lipinski definition) is 6. The van der Waals surface area contributed by atoms with Crippen LogP contribution in [0, 0.1) is 12.8 Å². The Bertz CT molecular complexity index is 998. The minimum absolute atomic E-state index is 0.185. The van der Waals surface area contributed by atoms with Crippen molar-refractivity contribution in [1.29, 1.82) is 0 Å². The van der Waals surface area contributed by atoms with Crippen LogP contribution in [-0.4, -0.2) is 16.9 Å². The number of pyridine rings is 1. The summed E-state index contributed by atoms with van der Waals surface area (Å²) in [5, 5.41) is 8.09. The average Bonchev–Trinajstić information content (AvgIpc) is 3.40. The summed E-state index contributed by atoms with van der Waals surface area (Å²) in [5.41, 5.74) is 0.966. The second-order valence-electron chi connectivity index (χ2n) is 7.88. The molecule has 6 nitrogen and oxygen atoms in total. The second-order valence-corrected chi connectivity index (χ2v) is 8.23. The van der Waals surface area contributed by atoms with E-state index in [-0.39, 0.29) is 17.9 Å². The maximum absolute atomic E-state index is 12.7. The number of benzene rings is 1. The fourth-order valence-electron chi connectivity index (χ4n) is 3.64. The monoisotopic (exact) mass is 453 g/mol. The molecule has 0 aliphatic heterocycles. The highest BCUT2D eigenvalue weighted by atomic mass is 32.2. The summed E-state index contributed by atoms with van der Waals surface area (Å²) < 4.78 is 42.9. The van der Waals surface area contributed by atoms with Gasteiger partial charge in [0, 0.05) is 17.5 Å². The van der Waals surface area contributed by atoms with Crippen LogP contribution in [0.4, 0.5) is 13.2 Å². The van der Waals surface area contributed by atoms with Gasteiger partial charge in [-0.05, 0) is 49.1 Å². The predicted octanol–water partition coefficient (Wildman–Crippen LogP) is 4.24. The molecule has 1 saturated carbocycles. The van der Waals surface area contributed by atoms with Gasteiger partial charge in [0.1, 0.15) is 17.9 Å². The van der Waals surface area contributed by atoms with E-state index in [1.165, 1.54) is 12.3 Å². The molecule has 1 aliphatic carbocycles. The van der Waals surface area contributed by atoms with Crippen molar-refractivity contribution in [3.63, 3.8) is 0 Å². The van der Waals surface area contributed by atoms with E-state index in [1.807, 2.05) is 13.8 Å². The molecule has 0 bridgehead atoms. The number of nitrogens with one attached hydrogen (secondary N) is 1. The average molecular weight is 453 g/mol. The minimum Gasteiger partial charge on any atom is -0.371 e. The molecule has 166 valence electrons. The van der Waals surface area contributed by atoms with Crippen molar-refractivity contribution in [1.82, 2.24) is 10.3 Å². The molecule has 10 heteroatoms. The molecule has 31 heavy (non-hydrogen) atoms. The van der Waals surface area contributed by atoms with Crippen molar-refractivity contribution in [3.05, 3.63) is 64.5 Å². The van der Waals surface area contributed by atoms with Crippen LogP contribution in [-0.2, 0) is 20.6 Å². The fourth-order valence-corrected chi connectivity index (χ4v) is 3.81. The smallest absolute Gasteiger partial charge is 0.371 e. The Hall–Kier alpha value is -2.59. The summed E-state index contributed by atoms with van der Waals surface area (Å²) in [6.07, 6.45) is -2.78. The molecular weight excluding hydrogens is 431 g/mol. The molecule has 3 N–H and O–H groups in total. The molecule has 1 fully saturated rings. The third-order valence-corrected chi connectivity index (χ3v) is 5.97. The standard InChI is InChI=1S/C21H22F3N3O3S/c1-11-8-13(4-6-15(11)19(29)30-31-25)12(2)27-18(28)16-9-20(16,3)14-5-7-17(26-10-14)21(22,23)24/h4-8,10,12,16H,9,25H2,1-3H3,(H,27,28)/t12-,16?,20?/m1/s1. The highest BCUT2D eigenvalue weighted by Gasteiger charge is 2.56. The maximum atomic E-state index is 12.7. The van der Waals surface area contributed by atoms with Crippen LogP contribution < -0.4 is 10.5 Å². The third kappa shape index (κ3) is 4.85. The molecule has 0 saturated heterocycles. The molecule has 1 aromatic carbocycles. The first kappa shape index (κ1) is 23.1. The number of nitrogens with zero attached hydrogens (tertiary/aromatic N) is 1. The number of rotatable bonds is 6. The molecule has 0 spiro atoms. The molecule has 1 aliphatic rings. The first-order valence-corrected chi connectivity index (χ1v) is 10.3. The molecule has 1 amide bonds. The number of aromatic nitrogens is 1. The first-order chi connectivity index (χ1) is 14.5. The lowest BCUT2D eigenvalue weighted by Crippen LogP contribution is -2.30. The lowest BCUT2D eigenvalue weighted by Gasteiger charge is -2.18. The van der Waals surface area contributed by atoms with Crippen molar-refractivity contribution in [2.45, 2.75) is 44.8 Å². The predicted molar refractivity (Wildman–Crippen MR) is 110 cm³/mol. The number of hydrogen-bond donors (Lipinski definition) is 2. The zero-order valence-corrected chi connectivity index (χ0v) is 17.9. The summed E-state index contributed by atoms with van der Waals surface area (Å²) in [5.74, 6) is -1.09. The van der Waals surface area contributed by atoms with Crippen LogP contribution in [0.1, 0.15) is 59.1 Å². The Morgan fingerprint density at radius 1 is 1.32 bits per heavy atom. The number of nitrogens with two attached hydrogens (primary N) is 1. The number of alkyl halides is 3. The Labute approximate surface area is 182 Å². The molecule has 3 atom stereocenters. The van der Waals surface area contributed by atoms with Gasteiger partial charge in [0.25, 0.3) is 0 Å². The quantitative estimate of drug-likeness (QED) is 0.502. The van der Waals surface area contributed by atoms with E-state index in [9.17, 15) is 22.8 Å². The molecular formula is C21H22F3N3O3S. The van der Waals surface area contributed by atoms with E-state index in [1.54, 1.807) is 25.1 Å². The zero-order chi connectivity index (χ0) is 23.0. The largest absolute Gasteiger partial charge is 0.433 e. The highest BCUT2D eigenvalue weighted by molar-refractivity contribution is 7.92. The molecule has 0 radical (unpaired) electrons. The van der Waals surface area contributed by atoms with Gasteiger partial charge in [-0.1, -0.05) is 25.1 Å². The van der Waals surface area contributed by atoms with Gasteiger partial charge in [0.05, 0.1) is 11.6 Å². The summed E-state index contributed by atoms with van der Waals surface area (Å²) in [6.45, 7) is 5.41. The molecule has 3 rings (SSSR count). The zero-order valence-electron chi connectivity index (χ0n) is 17.1. The minimum atomic E-state index is -4.50.